The van der Waals surface area contributed by atoms with Gasteiger partial charge < -0.3 is 14.7 Å². The standard InChI is InChI=1S/C12H21NO4/c1-9(8-17-2)7-11(14)13-6-4-3-5-10(13)12(15)16/h9-10H,3-8H2,1-2H3,(H,15,16)/t9?,10-/m0/s1. The molecule has 0 aromatic heterocycles. The van der Waals surface area contributed by atoms with Gasteiger partial charge in [-0.2, -0.15) is 0 Å². The fourth-order valence-corrected chi connectivity index (χ4v) is 2.25. The molecule has 0 spiro atoms. The zero-order valence-electron chi connectivity index (χ0n) is 10.5. The van der Waals surface area contributed by atoms with E-state index in [-0.39, 0.29) is 11.8 Å². The van der Waals surface area contributed by atoms with Gasteiger partial charge >= 0.3 is 5.97 Å². The zero-order chi connectivity index (χ0) is 12.8. The molecule has 1 unspecified atom stereocenters. The van der Waals surface area contributed by atoms with Crippen LogP contribution in [0.15, 0.2) is 0 Å². The van der Waals surface area contributed by atoms with Crippen LogP contribution in [0.5, 0.6) is 0 Å². The monoisotopic (exact) mass is 243 g/mol. The number of aliphatic carboxylic acids is 1. The van der Waals surface area contributed by atoms with Gasteiger partial charge in [-0.1, -0.05) is 6.92 Å². The molecule has 1 N–H and O–H groups in total. The maximum absolute atomic E-state index is 12.0. The first kappa shape index (κ1) is 14.0. The fourth-order valence-electron chi connectivity index (χ4n) is 2.25. The first-order valence-electron chi connectivity index (χ1n) is 6.07. The first-order chi connectivity index (χ1) is 8.06. The van der Waals surface area contributed by atoms with Gasteiger partial charge in [0.05, 0.1) is 0 Å². The highest BCUT2D eigenvalue weighted by atomic mass is 16.5. The zero-order valence-corrected chi connectivity index (χ0v) is 10.5. The summed E-state index contributed by atoms with van der Waals surface area (Å²) < 4.78 is 4.98. The Labute approximate surface area is 102 Å². The molecular formula is C12H21NO4. The fraction of sp³-hybridized carbons (Fsp3) is 0.833. The van der Waals surface area contributed by atoms with E-state index in [1.54, 1.807) is 7.11 Å². The summed E-state index contributed by atoms with van der Waals surface area (Å²) in [7, 11) is 1.60. The Bertz CT molecular complexity index is 280. The van der Waals surface area contributed by atoms with Crippen molar-refractivity contribution in [2.45, 2.75) is 38.6 Å². The average molecular weight is 243 g/mol. The number of carbonyl (C=O) groups is 2. The Morgan fingerprint density at radius 1 is 1.47 bits per heavy atom. The second-order valence-corrected chi connectivity index (χ2v) is 4.70. The van der Waals surface area contributed by atoms with Crippen molar-refractivity contribution in [2.24, 2.45) is 5.92 Å². The lowest BCUT2D eigenvalue weighted by Crippen LogP contribution is -2.48. The molecule has 1 saturated heterocycles. The summed E-state index contributed by atoms with van der Waals surface area (Å²) in [5.74, 6) is -0.831. The molecule has 17 heavy (non-hydrogen) atoms. The Kier molecular flexibility index (Phi) is 5.41. The highest BCUT2D eigenvalue weighted by Crippen LogP contribution is 2.19. The largest absolute Gasteiger partial charge is 0.480 e. The third kappa shape index (κ3) is 4.00. The van der Waals surface area contributed by atoms with Crippen LogP contribution < -0.4 is 0 Å². The van der Waals surface area contributed by atoms with Gasteiger partial charge in [-0.15, -0.1) is 0 Å². The summed E-state index contributed by atoms with van der Waals surface area (Å²) in [4.78, 5) is 24.6. The molecule has 0 aromatic carbocycles. The normalized spacial score (nSPS) is 22.2. The minimum Gasteiger partial charge on any atom is -0.480 e. The summed E-state index contributed by atoms with van der Waals surface area (Å²) in [6, 6.07) is -0.633. The van der Waals surface area contributed by atoms with Crippen molar-refractivity contribution in [1.29, 1.82) is 0 Å². The smallest absolute Gasteiger partial charge is 0.326 e. The maximum Gasteiger partial charge on any atom is 0.326 e. The third-order valence-electron chi connectivity index (χ3n) is 3.08. The van der Waals surface area contributed by atoms with Crippen LogP contribution in [-0.4, -0.2) is 48.2 Å². The Hall–Kier alpha value is -1.10. The van der Waals surface area contributed by atoms with Gasteiger partial charge in [0.25, 0.3) is 0 Å². The first-order valence-corrected chi connectivity index (χ1v) is 6.07. The van der Waals surface area contributed by atoms with Crippen molar-refractivity contribution in [3.05, 3.63) is 0 Å². The molecule has 98 valence electrons. The van der Waals surface area contributed by atoms with E-state index in [0.717, 1.165) is 12.8 Å². The third-order valence-corrected chi connectivity index (χ3v) is 3.08. The molecule has 1 aliphatic rings. The quantitative estimate of drug-likeness (QED) is 0.786. The van der Waals surface area contributed by atoms with Crippen molar-refractivity contribution in [3.63, 3.8) is 0 Å². The van der Waals surface area contributed by atoms with Crippen LogP contribution in [0.25, 0.3) is 0 Å². The van der Waals surface area contributed by atoms with Gasteiger partial charge in [-0.3, -0.25) is 4.79 Å². The summed E-state index contributed by atoms with van der Waals surface area (Å²) in [5.41, 5.74) is 0. The number of hydrogen-bond donors (Lipinski definition) is 1. The van der Waals surface area contributed by atoms with E-state index in [9.17, 15) is 9.59 Å². The Morgan fingerprint density at radius 2 is 2.18 bits per heavy atom. The molecule has 1 aliphatic heterocycles. The van der Waals surface area contributed by atoms with Crippen molar-refractivity contribution in [2.75, 3.05) is 20.3 Å². The van der Waals surface area contributed by atoms with Gasteiger partial charge in [0.2, 0.25) is 5.91 Å². The lowest BCUT2D eigenvalue weighted by molar-refractivity contribution is -0.152. The number of carboxylic acids is 1. The number of likely N-dealkylation sites (tertiary alicyclic amines) is 1. The van der Waals surface area contributed by atoms with E-state index in [1.807, 2.05) is 6.92 Å². The summed E-state index contributed by atoms with van der Waals surface area (Å²) in [6.45, 7) is 3.02. The van der Waals surface area contributed by atoms with E-state index in [4.69, 9.17) is 9.84 Å². The number of carboxylic acid groups (broad SMARTS) is 1. The minimum absolute atomic E-state index is 0.0679. The molecule has 0 bridgehead atoms. The van der Waals surface area contributed by atoms with Gasteiger partial charge in [-0.05, 0) is 25.2 Å². The Morgan fingerprint density at radius 3 is 2.76 bits per heavy atom. The van der Waals surface area contributed by atoms with Gasteiger partial charge in [0.1, 0.15) is 6.04 Å². The number of rotatable bonds is 5. The van der Waals surface area contributed by atoms with Gasteiger partial charge in [0, 0.05) is 26.7 Å². The molecule has 0 radical (unpaired) electrons. The molecule has 0 saturated carbocycles. The molecule has 1 fully saturated rings. The molecular weight excluding hydrogens is 222 g/mol. The van der Waals surface area contributed by atoms with Crippen LogP contribution in [0.3, 0.4) is 0 Å². The van der Waals surface area contributed by atoms with Crippen LogP contribution in [-0.2, 0) is 14.3 Å². The van der Waals surface area contributed by atoms with Gasteiger partial charge in [0.15, 0.2) is 0 Å². The number of nitrogens with zero attached hydrogens (tertiary/aromatic N) is 1. The van der Waals surface area contributed by atoms with E-state index < -0.39 is 12.0 Å². The number of methoxy groups -OCH3 is 1. The lowest BCUT2D eigenvalue weighted by atomic mass is 10.00. The van der Waals surface area contributed by atoms with Crippen LogP contribution in [0.2, 0.25) is 0 Å². The van der Waals surface area contributed by atoms with E-state index in [2.05, 4.69) is 0 Å². The number of ether oxygens (including phenoxy) is 1. The van der Waals surface area contributed by atoms with Crippen molar-refractivity contribution in [1.82, 2.24) is 4.90 Å². The van der Waals surface area contributed by atoms with E-state index in [0.29, 0.717) is 26.0 Å². The van der Waals surface area contributed by atoms with Crippen molar-refractivity contribution < 1.29 is 19.4 Å². The second-order valence-electron chi connectivity index (χ2n) is 4.70. The number of amides is 1. The van der Waals surface area contributed by atoms with Crippen LogP contribution in [0, 0.1) is 5.92 Å². The highest BCUT2D eigenvalue weighted by molar-refractivity contribution is 5.84. The van der Waals surface area contributed by atoms with Crippen molar-refractivity contribution >= 4 is 11.9 Å². The van der Waals surface area contributed by atoms with Gasteiger partial charge in [-0.25, -0.2) is 4.79 Å². The molecule has 1 heterocycles. The predicted octanol–water partition coefficient (Wildman–Crippen LogP) is 1.12. The average Bonchev–Trinajstić information content (AvgIpc) is 2.29. The lowest BCUT2D eigenvalue weighted by Gasteiger charge is -2.33. The number of piperidine rings is 1. The summed E-state index contributed by atoms with van der Waals surface area (Å²) in [6.07, 6.45) is 2.71. The molecule has 5 heteroatoms. The minimum atomic E-state index is -0.891. The number of carbonyl (C=O) groups excluding carboxylic acids is 1. The van der Waals surface area contributed by atoms with Crippen molar-refractivity contribution in [3.8, 4) is 0 Å². The van der Waals surface area contributed by atoms with E-state index >= 15 is 0 Å². The SMILES string of the molecule is COCC(C)CC(=O)N1CCCC[C@H]1C(=O)O. The summed E-state index contributed by atoms with van der Waals surface area (Å²) >= 11 is 0. The number of hydrogen-bond acceptors (Lipinski definition) is 3. The second kappa shape index (κ2) is 6.59. The molecule has 5 nitrogen and oxygen atoms in total. The maximum atomic E-state index is 12.0. The molecule has 2 atom stereocenters. The van der Waals surface area contributed by atoms with E-state index in [1.165, 1.54) is 4.90 Å². The van der Waals surface area contributed by atoms with Crippen LogP contribution in [0.1, 0.15) is 32.6 Å². The molecule has 0 aliphatic carbocycles. The van der Waals surface area contributed by atoms with Crippen LogP contribution >= 0.6 is 0 Å². The predicted molar refractivity (Wildman–Crippen MR) is 62.6 cm³/mol. The molecule has 0 aromatic rings. The molecule has 1 amide bonds. The molecule has 1 rings (SSSR count). The topological polar surface area (TPSA) is 66.8 Å². The Balaban J connectivity index is 2.56. The summed E-state index contributed by atoms with van der Waals surface area (Å²) in [5, 5.41) is 9.08. The highest BCUT2D eigenvalue weighted by Gasteiger charge is 2.32. The van der Waals surface area contributed by atoms with Crippen LogP contribution in [0.4, 0.5) is 0 Å².